The molecule has 1 aromatic heterocycles. The van der Waals surface area contributed by atoms with Crippen molar-refractivity contribution >= 4 is 17.8 Å². The van der Waals surface area contributed by atoms with Gasteiger partial charge < -0.3 is 15.3 Å². The van der Waals surface area contributed by atoms with E-state index < -0.39 is 12.1 Å². The van der Waals surface area contributed by atoms with Gasteiger partial charge in [0.25, 0.3) is 5.91 Å². The zero-order valence-electron chi connectivity index (χ0n) is 18.6. The number of nitrogens with zero attached hydrogens (tertiary/aromatic N) is 2. The zero-order valence-corrected chi connectivity index (χ0v) is 18.6. The Bertz CT molecular complexity index is 1040. The molecule has 182 valence electrons. The summed E-state index contributed by atoms with van der Waals surface area (Å²) in [5.41, 5.74) is 3.43. The van der Waals surface area contributed by atoms with Gasteiger partial charge in [-0.2, -0.15) is 13.2 Å². The molecule has 2 aromatic rings. The maximum absolute atomic E-state index is 12.7. The van der Waals surface area contributed by atoms with Crippen LogP contribution in [0.15, 0.2) is 48.8 Å². The number of aliphatic carboxylic acids is 1. The normalized spacial score (nSPS) is 18.5. The molecular formula is C24H26F3N3O4. The molecule has 1 aliphatic carbocycles. The van der Waals surface area contributed by atoms with Gasteiger partial charge in [-0.05, 0) is 53.9 Å². The molecule has 0 bridgehead atoms. The Morgan fingerprint density at radius 2 is 1.79 bits per heavy atom. The van der Waals surface area contributed by atoms with E-state index in [1.165, 1.54) is 11.1 Å². The lowest BCUT2D eigenvalue weighted by Crippen LogP contribution is -2.44. The number of aromatic nitrogens is 1. The number of nitrogens with one attached hydrogen (secondary N) is 1. The number of piperidine rings is 1. The molecule has 2 amide bonds. The van der Waals surface area contributed by atoms with Crippen LogP contribution in [0.25, 0.3) is 0 Å². The highest BCUT2D eigenvalue weighted by Gasteiger charge is 2.46. The number of fused-ring (bicyclic) bond motifs is 2. The van der Waals surface area contributed by atoms with Gasteiger partial charge in [0.15, 0.2) is 0 Å². The van der Waals surface area contributed by atoms with Gasteiger partial charge in [0.05, 0.1) is 5.56 Å². The van der Waals surface area contributed by atoms with E-state index in [1.54, 1.807) is 25.5 Å². The third kappa shape index (κ3) is 5.55. The summed E-state index contributed by atoms with van der Waals surface area (Å²) in [5, 5.41) is 9.88. The second-order valence-electron chi connectivity index (χ2n) is 8.48. The number of hydrogen-bond acceptors (Lipinski definition) is 4. The fraction of sp³-hybridized carbons (Fsp3) is 0.417. The summed E-state index contributed by atoms with van der Waals surface area (Å²) in [6.45, 7) is 1.49. The van der Waals surface area contributed by atoms with Gasteiger partial charge >= 0.3 is 12.1 Å². The average Bonchev–Trinajstić information content (AvgIpc) is 3.12. The minimum Gasteiger partial charge on any atom is -0.475 e. The summed E-state index contributed by atoms with van der Waals surface area (Å²) >= 11 is 0. The van der Waals surface area contributed by atoms with Gasteiger partial charge in [-0.3, -0.25) is 14.6 Å². The molecule has 7 nitrogen and oxygen atoms in total. The number of rotatable bonds is 3. The van der Waals surface area contributed by atoms with Gasteiger partial charge in [0.2, 0.25) is 5.91 Å². The van der Waals surface area contributed by atoms with Crippen LogP contribution in [0.3, 0.4) is 0 Å². The summed E-state index contributed by atoms with van der Waals surface area (Å²) in [6, 6.07) is 12.2. The molecule has 0 saturated carbocycles. The SMILES string of the molecule is CNC(=O)CC1CC2(CCN(C(=O)c3cccnc3)CC2)c2ccccc21.O=C(O)C(F)(F)F. The predicted molar refractivity (Wildman–Crippen MR) is 117 cm³/mol. The van der Waals surface area contributed by atoms with Gasteiger partial charge in [0, 0.05) is 39.0 Å². The summed E-state index contributed by atoms with van der Waals surface area (Å²) in [7, 11) is 1.70. The van der Waals surface area contributed by atoms with Gasteiger partial charge in [0.1, 0.15) is 0 Å². The van der Waals surface area contributed by atoms with E-state index >= 15 is 0 Å². The first kappa shape index (κ1) is 25.2. The van der Waals surface area contributed by atoms with Crippen LogP contribution >= 0.6 is 0 Å². The molecule has 1 aromatic carbocycles. The van der Waals surface area contributed by atoms with E-state index in [0.29, 0.717) is 12.0 Å². The molecule has 1 unspecified atom stereocenters. The number of pyridine rings is 1. The number of hydrogen-bond donors (Lipinski definition) is 2. The molecule has 10 heteroatoms. The van der Waals surface area contributed by atoms with Crippen LogP contribution in [-0.2, 0) is 15.0 Å². The maximum atomic E-state index is 12.7. The van der Waals surface area contributed by atoms with Crippen molar-refractivity contribution in [1.82, 2.24) is 15.2 Å². The first-order valence-corrected chi connectivity index (χ1v) is 10.9. The molecule has 4 rings (SSSR count). The summed E-state index contributed by atoms with van der Waals surface area (Å²) < 4.78 is 31.7. The Morgan fingerprint density at radius 3 is 2.35 bits per heavy atom. The van der Waals surface area contributed by atoms with E-state index in [0.717, 1.165) is 32.4 Å². The Balaban J connectivity index is 0.000000406. The summed E-state index contributed by atoms with van der Waals surface area (Å²) in [4.78, 5) is 39.6. The first-order valence-electron chi connectivity index (χ1n) is 10.9. The molecule has 1 aliphatic heterocycles. The molecule has 34 heavy (non-hydrogen) atoms. The third-order valence-electron chi connectivity index (χ3n) is 6.48. The monoisotopic (exact) mass is 477 g/mol. The molecule has 2 heterocycles. The van der Waals surface area contributed by atoms with Gasteiger partial charge in [-0.15, -0.1) is 0 Å². The second-order valence-corrected chi connectivity index (χ2v) is 8.48. The van der Waals surface area contributed by atoms with Crippen molar-refractivity contribution < 1.29 is 32.7 Å². The summed E-state index contributed by atoms with van der Waals surface area (Å²) in [6.07, 6.45) is 1.66. The quantitative estimate of drug-likeness (QED) is 0.705. The predicted octanol–water partition coefficient (Wildman–Crippen LogP) is 3.51. The Labute approximate surface area is 195 Å². The van der Waals surface area contributed by atoms with Crippen molar-refractivity contribution in [2.75, 3.05) is 20.1 Å². The van der Waals surface area contributed by atoms with Crippen molar-refractivity contribution in [2.24, 2.45) is 0 Å². The minimum atomic E-state index is -5.08. The highest BCUT2D eigenvalue weighted by molar-refractivity contribution is 5.94. The van der Waals surface area contributed by atoms with E-state index in [2.05, 4.69) is 34.6 Å². The fourth-order valence-corrected chi connectivity index (χ4v) is 4.82. The molecule has 2 N–H and O–H groups in total. The number of alkyl halides is 3. The van der Waals surface area contributed by atoms with E-state index in [4.69, 9.17) is 9.90 Å². The lowest BCUT2D eigenvalue weighted by atomic mass is 9.73. The number of carbonyl (C=O) groups excluding carboxylic acids is 2. The van der Waals surface area contributed by atoms with Crippen LogP contribution in [0.1, 0.15) is 53.1 Å². The van der Waals surface area contributed by atoms with Crippen LogP contribution in [0.5, 0.6) is 0 Å². The summed E-state index contributed by atoms with van der Waals surface area (Å²) in [5.74, 6) is -2.34. The van der Waals surface area contributed by atoms with Crippen LogP contribution in [0, 0.1) is 0 Å². The standard InChI is InChI=1S/C22H25N3O2.C2HF3O2/c1-23-20(26)13-17-14-22(19-7-3-2-6-18(17)19)8-11-25(12-9-22)21(27)16-5-4-10-24-15-16;3-2(4,5)1(6)7/h2-7,10,15,17H,8-9,11-14H2,1H3,(H,23,26);(H,6,7). The number of carboxylic acid groups (broad SMARTS) is 1. The van der Waals surface area contributed by atoms with Crippen molar-refractivity contribution in [1.29, 1.82) is 0 Å². The lowest BCUT2D eigenvalue weighted by molar-refractivity contribution is -0.192. The maximum Gasteiger partial charge on any atom is 0.490 e. The Kier molecular flexibility index (Phi) is 7.58. The van der Waals surface area contributed by atoms with Gasteiger partial charge in [-0.1, -0.05) is 24.3 Å². The molecule has 0 radical (unpaired) electrons. The van der Waals surface area contributed by atoms with Crippen LogP contribution < -0.4 is 5.32 Å². The Morgan fingerprint density at radius 1 is 1.15 bits per heavy atom. The molecule has 1 atom stereocenters. The number of amides is 2. The number of carboxylic acids is 1. The second kappa shape index (κ2) is 10.2. The van der Waals surface area contributed by atoms with Crippen LogP contribution in [-0.4, -0.2) is 59.1 Å². The van der Waals surface area contributed by atoms with E-state index in [-0.39, 0.29) is 23.1 Å². The number of benzene rings is 1. The van der Waals surface area contributed by atoms with Crippen molar-refractivity contribution in [2.45, 2.75) is 43.2 Å². The van der Waals surface area contributed by atoms with E-state index in [1.807, 2.05) is 11.0 Å². The van der Waals surface area contributed by atoms with Crippen molar-refractivity contribution in [3.8, 4) is 0 Å². The largest absolute Gasteiger partial charge is 0.490 e. The zero-order chi connectivity index (χ0) is 24.9. The highest BCUT2D eigenvalue weighted by Crippen LogP contribution is 2.52. The Hall–Kier alpha value is -3.43. The number of likely N-dealkylation sites (tertiary alicyclic amines) is 1. The minimum absolute atomic E-state index is 0.0612. The molecular weight excluding hydrogens is 451 g/mol. The first-order chi connectivity index (χ1) is 16.1. The van der Waals surface area contributed by atoms with Crippen LogP contribution in [0.4, 0.5) is 13.2 Å². The van der Waals surface area contributed by atoms with Crippen LogP contribution in [0.2, 0.25) is 0 Å². The number of carbonyl (C=O) groups is 3. The molecule has 1 spiro atoms. The average molecular weight is 477 g/mol. The van der Waals surface area contributed by atoms with Gasteiger partial charge in [-0.25, -0.2) is 4.79 Å². The topological polar surface area (TPSA) is 99.6 Å². The lowest BCUT2D eigenvalue weighted by Gasteiger charge is -2.40. The highest BCUT2D eigenvalue weighted by atomic mass is 19.4. The van der Waals surface area contributed by atoms with Crippen molar-refractivity contribution in [3.63, 3.8) is 0 Å². The smallest absolute Gasteiger partial charge is 0.475 e. The molecule has 1 fully saturated rings. The van der Waals surface area contributed by atoms with Crippen molar-refractivity contribution in [3.05, 3.63) is 65.5 Å². The van der Waals surface area contributed by atoms with E-state index in [9.17, 15) is 22.8 Å². The number of halogens is 3. The fourth-order valence-electron chi connectivity index (χ4n) is 4.82. The third-order valence-corrected chi connectivity index (χ3v) is 6.48. The molecule has 2 aliphatic rings. The molecule has 1 saturated heterocycles.